The third-order valence-corrected chi connectivity index (χ3v) is 5.98. The predicted octanol–water partition coefficient (Wildman–Crippen LogP) is 5.27. The summed E-state index contributed by atoms with van der Waals surface area (Å²) in [5, 5.41) is 8.83. The number of ether oxygens (including phenoxy) is 2. The van der Waals surface area contributed by atoms with Crippen molar-refractivity contribution in [3.05, 3.63) is 61.9 Å². The van der Waals surface area contributed by atoms with E-state index in [-0.39, 0.29) is 52.4 Å². The molecule has 4 rings (SSSR count). The highest BCUT2D eigenvalue weighted by atomic mass is 79.9. The van der Waals surface area contributed by atoms with Crippen molar-refractivity contribution in [3.8, 4) is 17.1 Å². The Labute approximate surface area is 189 Å². The third kappa shape index (κ3) is 4.61. The number of rotatable bonds is 7. The first kappa shape index (κ1) is 21.8. The molecule has 1 N–H and O–H groups in total. The lowest BCUT2D eigenvalue weighted by atomic mass is 9.82. The summed E-state index contributed by atoms with van der Waals surface area (Å²) in [5.41, 5.74) is 0.116. The first-order chi connectivity index (χ1) is 14.8. The summed E-state index contributed by atoms with van der Waals surface area (Å²) < 4.78 is 31.8. The van der Waals surface area contributed by atoms with E-state index >= 15 is 0 Å². The largest absolute Gasteiger partial charge is 0.490 e. The molecule has 6 nitrogen and oxygen atoms in total. The van der Waals surface area contributed by atoms with E-state index in [1.165, 1.54) is 12.1 Å². The highest BCUT2D eigenvalue weighted by Crippen LogP contribution is 2.35. The standard InChI is InChI=1S/C22H17BrClFO6/c23-12-1-2-15(18(9-12)30-6-5-29-13-7-11(8-13)22(27)28)19-10-17(26)14-3-4-16(25)20(24)21(14)31-19/h1-4,9-11,13H,5-8H2,(H,27,28)/t11-,13+. The van der Waals surface area contributed by atoms with Crippen LogP contribution in [-0.4, -0.2) is 30.4 Å². The zero-order chi connectivity index (χ0) is 22.1. The molecule has 1 saturated carbocycles. The molecule has 3 aromatic rings. The zero-order valence-electron chi connectivity index (χ0n) is 16.1. The Morgan fingerprint density at radius 3 is 2.74 bits per heavy atom. The molecule has 0 spiro atoms. The van der Waals surface area contributed by atoms with Crippen molar-refractivity contribution in [2.24, 2.45) is 5.92 Å². The van der Waals surface area contributed by atoms with Crippen molar-refractivity contribution in [2.75, 3.05) is 13.2 Å². The van der Waals surface area contributed by atoms with Crippen molar-refractivity contribution < 1.29 is 28.2 Å². The van der Waals surface area contributed by atoms with Crippen molar-refractivity contribution in [1.29, 1.82) is 0 Å². The highest BCUT2D eigenvalue weighted by Gasteiger charge is 2.35. The second-order valence-electron chi connectivity index (χ2n) is 7.20. The second-order valence-corrected chi connectivity index (χ2v) is 8.49. The van der Waals surface area contributed by atoms with E-state index in [1.54, 1.807) is 18.2 Å². The summed E-state index contributed by atoms with van der Waals surface area (Å²) in [7, 11) is 0. The molecule has 0 radical (unpaired) electrons. The molecule has 31 heavy (non-hydrogen) atoms. The minimum absolute atomic E-state index is 0.0284. The Bertz CT molecular complexity index is 1200. The van der Waals surface area contributed by atoms with Crippen LogP contribution in [0.15, 0.2) is 50.1 Å². The monoisotopic (exact) mass is 510 g/mol. The van der Waals surface area contributed by atoms with Crippen LogP contribution in [0, 0.1) is 11.7 Å². The molecule has 1 aromatic heterocycles. The number of benzene rings is 2. The Hall–Kier alpha value is -2.42. The molecule has 0 unspecified atom stereocenters. The van der Waals surface area contributed by atoms with Gasteiger partial charge in [0.2, 0.25) is 0 Å². The van der Waals surface area contributed by atoms with Crippen molar-refractivity contribution in [1.82, 2.24) is 0 Å². The smallest absolute Gasteiger partial charge is 0.306 e. The highest BCUT2D eigenvalue weighted by molar-refractivity contribution is 9.10. The molecule has 9 heteroatoms. The van der Waals surface area contributed by atoms with Gasteiger partial charge in [0.25, 0.3) is 0 Å². The lowest BCUT2D eigenvalue weighted by molar-refractivity contribution is -0.151. The Morgan fingerprint density at radius 2 is 2.00 bits per heavy atom. The first-order valence-electron chi connectivity index (χ1n) is 9.52. The molecule has 0 aliphatic heterocycles. The molecule has 0 saturated heterocycles. The number of carboxylic acid groups (broad SMARTS) is 1. The number of hydrogen-bond donors (Lipinski definition) is 1. The van der Waals surface area contributed by atoms with E-state index < -0.39 is 11.8 Å². The second kappa shape index (κ2) is 8.98. The number of carboxylic acids is 1. The SMILES string of the molecule is O=c1cc(-c2ccc(Br)cc2OCCO[C@H]2C[C@@H](C(=O)O)C2)oc2c(Cl)c(F)ccc12. The maximum absolute atomic E-state index is 13.8. The van der Waals surface area contributed by atoms with Crippen LogP contribution in [0.4, 0.5) is 4.39 Å². The molecule has 1 aliphatic rings. The zero-order valence-corrected chi connectivity index (χ0v) is 18.4. The van der Waals surface area contributed by atoms with Gasteiger partial charge < -0.3 is 19.0 Å². The average molecular weight is 512 g/mol. The predicted molar refractivity (Wildman–Crippen MR) is 116 cm³/mol. The van der Waals surface area contributed by atoms with E-state index in [1.807, 2.05) is 0 Å². The van der Waals surface area contributed by atoms with Crippen LogP contribution in [0.1, 0.15) is 12.8 Å². The molecule has 1 aliphatic carbocycles. The van der Waals surface area contributed by atoms with Crippen LogP contribution in [0.25, 0.3) is 22.3 Å². The van der Waals surface area contributed by atoms with Gasteiger partial charge in [-0.25, -0.2) is 4.39 Å². The molecule has 162 valence electrons. The molecule has 1 heterocycles. The summed E-state index contributed by atoms with van der Waals surface area (Å²) in [6, 6.07) is 8.95. The van der Waals surface area contributed by atoms with E-state index in [2.05, 4.69) is 15.9 Å². The van der Waals surface area contributed by atoms with Gasteiger partial charge in [0.05, 0.1) is 29.6 Å². The fraction of sp³-hybridized carbons (Fsp3) is 0.273. The molecule has 0 bridgehead atoms. The Balaban J connectivity index is 1.53. The molecular formula is C22H17BrClFO6. The lowest BCUT2D eigenvalue weighted by Crippen LogP contribution is -2.37. The van der Waals surface area contributed by atoms with Crippen LogP contribution in [0.5, 0.6) is 5.75 Å². The maximum Gasteiger partial charge on any atom is 0.306 e. The number of carbonyl (C=O) groups is 1. The molecular weight excluding hydrogens is 495 g/mol. The molecule has 1 fully saturated rings. The van der Waals surface area contributed by atoms with Crippen LogP contribution in [0.2, 0.25) is 5.02 Å². The van der Waals surface area contributed by atoms with Gasteiger partial charge in [0.15, 0.2) is 11.0 Å². The van der Waals surface area contributed by atoms with Crippen molar-refractivity contribution in [3.63, 3.8) is 0 Å². The molecule has 0 amide bonds. The van der Waals surface area contributed by atoms with Crippen molar-refractivity contribution in [2.45, 2.75) is 18.9 Å². The first-order valence-corrected chi connectivity index (χ1v) is 10.7. The summed E-state index contributed by atoms with van der Waals surface area (Å²) in [5.74, 6) is -1.19. The summed E-state index contributed by atoms with van der Waals surface area (Å²) in [4.78, 5) is 23.4. The summed E-state index contributed by atoms with van der Waals surface area (Å²) >= 11 is 9.39. The van der Waals surface area contributed by atoms with Gasteiger partial charge in [0, 0.05) is 10.5 Å². The summed E-state index contributed by atoms with van der Waals surface area (Å²) in [6.07, 6.45) is 0.913. The molecule has 0 atom stereocenters. The Morgan fingerprint density at radius 1 is 1.23 bits per heavy atom. The van der Waals surface area contributed by atoms with Gasteiger partial charge >= 0.3 is 5.97 Å². The van der Waals surface area contributed by atoms with Gasteiger partial charge in [-0.05, 0) is 43.2 Å². The Kier molecular flexibility index (Phi) is 6.31. The van der Waals surface area contributed by atoms with Gasteiger partial charge in [-0.2, -0.15) is 0 Å². The number of aliphatic carboxylic acids is 1. The van der Waals surface area contributed by atoms with Gasteiger partial charge in [-0.15, -0.1) is 0 Å². The number of hydrogen-bond acceptors (Lipinski definition) is 5. The summed E-state index contributed by atoms with van der Waals surface area (Å²) in [6.45, 7) is 0.493. The topological polar surface area (TPSA) is 86.0 Å². The minimum atomic E-state index is -0.799. The van der Waals surface area contributed by atoms with E-state index in [4.69, 9.17) is 30.6 Å². The van der Waals surface area contributed by atoms with E-state index in [0.29, 0.717) is 24.2 Å². The fourth-order valence-corrected chi connectivity index (χ4v) is 3.93. The van der Waals surface area contributed by atoms with E-state index in [0.717, 1.165) is 10.5 Å². The van der Waals surface area contributed by atoms with Gasteiger partial charge in [-0.3, -0.25) is 9.59 Å². The van der Waals surface area contributed by atoms with Crippen LogP contribution >= 0.6 is 27.5 Å². The minimum Gasteiger partial charge on any atom is -0.490 e. The fourth-order valence-electron chi connectivity index (χ4n) is 3.38. The van der Waals surface area contributed by atoms with Gasteiger partial charge in [0.1, 0.15) is 29.0 Å². The van der Waals surface area contributed by atoms with Gasteiger partial charge in [-0.1, -0.05) is 27.5 Å². The van der Waals surface area contributed by atoms with Crippen LogP contribution in [0.3, 0.4) is 0 Å². The third-order valence-electron chi connectivity index (χ3n) is 5.14. The average Bonchev–Trinajstić information content (AvgIpc) is 2.69. The molecule has 2 aromatic carbocycles. The maximum atomic E-state index is 13.8. The number of fused-ring (bicyclic) bond motifs is 1. The van der Waals surface area contributed by atoms with Crippen LogP contribution in [-0.2, 0) is 9.53 Å². The van der Waals surface area contributed by atoms with E-state index in [9.17, 15) is 14.0 Å². The normalized spacial score (nSPS) is 18.0. The lowest BCUT2D eigenvalue weighted by Gasteiger charge is -2.32. The quantitative estimate of drug-likeness (QED) is 0.435. The number of halogens is 3. The van der Waals surface area contributed by atoms with Crippen molar-refractivity contribution >= 4 is 44.5 Å². The van der Waals surface area contributed by atoms with Crippen LogP contribution < -0.4 is 10.2 Å².